The Labute approximate surface area is 77.2 Å². The number of Topliss-reactive ketones (excluding diaryl/α,β-unsaturated/α-hetero) is 1. The molecule has 0 spiro atoms. The summed E-state index contributed by atoms with van der Waals surface area (Å²) < 4.78 is 0. The molecule has 1 aromatic carbocycles. The molecule has 2 rings (SSSR count). The third kappa shape index (κ3) is 1.22. The number of rotatable bonds is 1. The van der Waals surface area contributed by atoms with Crippen LogP contribution in [-0.4, -0.2) is 10.9 Å². The molecule has 0 atom stereocenters. The number of phenolic OH excluding ortho intramolecular Hbond substituents is 1. The number of aromatic hydroxyl groups is 1. The van der Waals surface area contributed by atoms with Crippen molar-refractivity contribution in [3.05, 3.63) is 28.8 Å². The minimum Gasteiger partial charge on any atom is -0.508 e. The summed E-state index contributed by atoms with van der Waals surface area (Å²) in [6, 6.07) is 3.40. The molecule has 0 unspecified atom stereocenters. The predicted molar refractivity (Wildman–Crippen MR) is 50.1 cm³/mol. The van der Waals surface area contributed by atoms with E-state index < -0.39 is 0 Å². The van der Waals surface area contributed by atoms with Gasteiger partial charge in [0.2, 0.25) is 0 Å². The molecule has 0 radical (unpaired) electrons. The molecule has 68 valence electrons. The highest BCUT2D eigenvalue weighted by molar-refractivity contribution is 6.02. The fourth-order valence-electron chi connectivity index (χ4n) is 1.96. The van der Waals surface area contributed by atoms with Crippen molar-refractivity contribution in [2.75, 3.05) is 0 Å². The van der Waals surface area contributed by atoms with Crippen LogP contribution in [0.1, 0.15) is 34.8 Å². The molecule has 13 heavy (non-hydrogen) atoms. The monoisotopic (exact) mass is 176 g/mol. The van der Waals surface area contributed by atoms with E-state index in [0.29, 0.717) is 6.42 Å². The van der Waals surface area contributed by atoms with Gasteiger partial charge in [0.25, 0.3) is 0 Å². The summed E-state index contributed by atoms with van der Waals surface area (Å²) in [7, 11) is 0. The zero-order valence-corrected chi connectivity index (χ0v) is 7.63. The number of aryl methyl sites for hydroxylation is 2. The predicted octanol–water partition coefficient (Wildman–Crippen LogP) is 2.08. The van der Waals surface area contributed by atoms with Crippen molar-refractivity contribution in [1.82, 2.24) is 0 Å². The Kier molecular flexibility index (Phi) is 1.83. The molecular formula is C11H12O2. The van der Waals surface area contributed by atoms with Crippen LogP contribution in [0.3, 0.4) is 0 Å². The van der Waals surface area contributed by atoms with Gasteiger partial charge in [0.15, 0.2) is 5.78 Å². The molecule has 0 aliphatic heterocycles. The van der Waals surface area contributed by atoms with Crippen molar-refractivity contribution in [3.63, 3.8) is 0 Å². The van der Waals surface area contributed by atoms with Gasteiger partial charge in [-0.1, -0.05) is 6.92 Å². The summed E-state index contributed by atoms with van der Waals surface area (Å²) in [5.41, 5.74) is 2.86. The van der Waals surface area contributed by atoms with E-state index >= 15 is 0 Å². The second kappa shape index (κ2) is 2.87. The van der Waals surface area contributed by atoms with E-state index in [-0.39, 0.29) is 11.5 Å². The molecule has 0 heterocycles. The molecule has 0 fully saturated rings. The van der Waals surface area contributed by atoms with E-state index in [0.717, 1.165) is 29.5 Å². The maximum atomic E-state index is 11.5. The number of carbonyl (C=O) groups excluding carboxylic acids is 1. The van der Waals surface area contributed by atoms with Gasteiger partial charge in [-0.15, -0.1) is 0 Å². The molecule has 1 N–H and O–H groups in total. The summed E-state index contributed by atoms with van der Waals surface area (Å²) in [5.74, 6) is 0.511. The number of hydrogen-bond acceptors (Lipinski definition) is 2. The number of hydrogen-bond donors (Lipinski definition) is 1. The van der Waals surface area contributed by atoms with Crippen molar-refractivity contribution < 1.29 is 9.90 Å². The van der Waals surface area contributed by atoms with Crippen LogP contribution < -0.4 is 0 Å². The molecule has 1 aliphatic carbocycles. The van der Waals surface area contributed by atoms with E-state index in [1.54, 1.807) is 12.1 Å². The number of carbonyl (C=O) groups is 1. The summed E-state index contributed by atoms with van der Waals surface area (Å²) in [6.45, 7) is 2.00. The third-order valence-electron chi connectivity index (χ3n) is 2.57. The molecule has 0 saturated heterocycles. The Morgan fingerprint density at radius 2 is 2.15 bits per heavy atom. The summed E-state index contributed by atoms with van der Waals surface area (Å²) in [4.78, 5) is 11.5. The highest BCUT2D eigenvalue weighted by Gasteiger charge is 2.22. The maximum Gasteiger partial charge on any atom is 0.163 e. The van der Waals surface area contributed by atoms with Gasteiger partial charge in [-0.3, -0.25) is 4.79 Å². The Morgan fingerprint density at radius 3 is 2.85 bits per heavy atom. The topological polar surface area (TPSA) is 37.3 Å². The summed E-state index contributed by atoms with van der Waals surface area (Å²) >= 11 is 0. The first-order valence-corrected chi connectivity index (χ1v) is 4.60. The molecule has 2 nitrogen and oxygen atoms in total. The standard InChI is InChI=1S/C11H12O2/c1-2-7-5-9(12)6-8-3-4-10(13)11(7)8/h5-6,12H,2-4H2,1H3. The average Bonchev–Trinajstić information content (AvgIpc) is 2.46. The normalized spacial score (nSPS) is 14.7. The molecular weight excluding hydrogens is 164 g/mol. The minimum absolute atomic E-state index is 0.229. The third-order valence-corrected chi connectivity index (χ3v) is 2.57. The van der Waals surface area contributed by atoms with Crippen molar-refractivity contribution in [2.24, 2.45) is 0 Å². The van der Waals surface area contributed by atoms with Crippen LogP contribution in [0.4, 0.5) is 0 Å². The van der Waals surface area contributed by atoms with Crippen LogP contribution in [0.25, 0.3) is 0 Å². The minimum atomic E-state index is 0.229. The van der Waals surface area contributed by atoms with E-state index in [1.165, 1.54) is 0 Å². The van der Waals surface area contributed by atoms with Crippen LogP contribution >= 0.6 is 0 Å². The summed E-state index contributed by atoms with van der Waals surface area (Å²) in [6.07, 6.45) is 2.20. The van der Waals surface area contributed by atoms with E-state index in [1.807, 2.05) is 6.92 Å². The Morgan fingerprint density at radius 1 is 1.38 bits per heavy atom. The van der Waals surface area contributed by atoms with E-state index in [4.69, 9.17) is 0 Å². The van der Waals surface area contributed by atoms with Crippen molar-refractivity contribution in [1.29, 1.82) is 0 Å². The second-order valence-corrected chi connectivity index (χ2v) is 3.42. The average molecular weight is 176 g/mol. The zero-order chi connectivity index (χ0) is 9.42. The number of fused-ring (bicyclic) bond motifs is 1. The molecule has 1 aliphatic rings. The lowest BCUT2D eigenvalue weighted by atomic mass is 10.0. The van der Waals surface area contributed by atoms with Gasteiger partial charge in [-0.25, -0.2) is 0 Å². The van der Waals surface area contributed by atoms with E-state index in [9.17, 15) is 9.90 Å². The first kappa shape index (κ1) is 8.30. The molecule has 0 aromatic heterocycles. The maximum absolute atomic E-state index is 11.5. The molecule has 2 heteroatoms. The summed E-state index contributed by atoms with van der Waals surface area (Å²) in [5, 5.41) is 9.38. The highest BCUT2D eigenvalue weighted by atomic mass is 16.3. The zero-order valence-electron chi connectivity index (χ0n) is 7.63. The van der Waals surface area contributed by atoms with Crippen molar-refractivity contribution >= 4 is 5.78 Å². The van der Waals surface area contributed by atoms with Crippen molar-refractivity contribution in [3.8, 4) is 5.75 Å². The first-order valence-electron chi connectivity index (χ1n) is 4.60. The molecule has 0 bridgehead atoms. The lowest BCUT2D eigenvalue weighted by Gasteiger charge is -2.05. The number of ketones is 1. The first-order chi connectivity index (χ1) is 6.22. The molecule has 0 saturated carbocycles. The lowest BCUT2D eigenvalue weighted by Crippen LogP contribution is -1.97. The van der Waals surface area contributed by atoms with Gasteiger partial charge >= 0.3 is 0 Å². The number of benzene rings is 1. The quantitative estimate of drug-likeness (QED) is 0.711. The largest absolute Gasteiger partial charge is 0.508 e. The van der Waals surface area contributed by atoms with Crippen LogP contribution in [0.2, 0.25) is 0 Å². The van der Waals surface area contributed by atoms with Gasteiger partial charge < -0.3 is 5.11 Å². The number of phenols is 1. The van der Waals surface area contributed by atoms with Gasteiger partial charge in [-0.05, 0) is 36.1 Å². The van der Waals surface area contributed by atoms with Crippen LogP contribution in [0.15, 0.2) is 12.1 Å². The van der Waals surface area contributed by atoms with Gasteiger partial charge in [-0.2, -0.15) is 0 Å². The van der Waals surface area contributed by atoms with Crippen LogP contribution in [-0.2, 0) is 12.8 Å². The lowest BCUT2D eigenvalue weighted by molar-refractivity contribution is 0.0994. The van der Waals surface area contributed by atoms with Gasteiger partial charge in [0.05, 0.1) is 0 Å². The smallest absolute Gasteiger partial charge is 0.163 e. The van der Waals surface area contributed by atoms with E-state index in [2.05, 4.69) is 0 Å². The fraction of sp³-hybridized carbons (Fsp3) is 0.364. The Hall–Kier alpha value is -1.31. The van der Waals surface area contributed by atoms with Gasteiger partial charge in [0, 0.05) is 12.0 Å². The van der Waals surface area contributed by atoms with Gasteiger partial charge in [0.1, 0.15) is 5.75 Å². The van der Waals surface area contributed by atoms with Crippen LogP contribution in [0, 0.1) is 0 Å². The molecule has 1 aromatic rings. The molecule has 0 amide bonds. The SMILES string of the molecule is CCc1cc(O)cc2c1C(=O)CC2. The highest BCUT2D eigenvalue weighted by Crippen LogP contribution is 2.29. The fourth-order valence-corrected chi connectivity index (χ4v) is 1.96. The Bertz CT molecular complexity index is 367. The van der Waals surface area contributed by atoms with Crippen LogP contribution in [0.5, 0.6) is 5.75 Å². The second-order valence-electron chi connectivity index (χ2n) is 3.42. The Balaban J connectivity index is 2.64. The van der Waals surface area contributed by atoms with Crippen molar-refractivity contribution in [2.45, 2.75) is 26.2 Å².